The molecule has 0 bridgehead atoms. The maximum Gasteiger partial charge on any atom is 0.251 e. The fourth-order valence-corrected chi connectivity index (χ4v) is 1.82. The highest BCUT2D eigenvalue weighted by Gasteiger charge is 2.27. The fraction of sp³-hybridized carbons (Fsp3) is 0.533. The van der Waals surface area contributed by atoms with Crippen LogP contribution in [-0.2, 0) is 4.79 Å². The van der Waals surface area contributed by atoms with E-state index < -0.39 is 5.41 Å². The summed E-state index contributed by atoms with van der Waals surface area (Å²) in [5.74, 6) is 0.113. The molecule has 0 spiro atoms. The molecular weight excluding hydrogens is 268 g/mol. The topological polar surface area (TPSA) is 97.1 Å². The van der Waals surface area contributed by atoms with E-state index >= 15 is 0 Å². The van der Waals surface area contributed by atoms with Crippen LogP contribution in [0.5, 0.6) is 0 Å². The minimum absolute atomic E-state index is 0.125. The summed E-state index contributed by atoms with van der Waals surface area (Å²) in [6, 6.07) is 3.26. The number of rotatable bonds is 5. The van der Waals surface area contributed by atoms with Crippen LogP contribution in [0.1, 0.15) is 49.7 Å². The number of aromatic nitrogens is 1. The number of nitrogen functional groups attached to an aromatic ring is 1. The van der Waals surface area contributed by atoms with Gasteiger partial charge in [0, 0.05) is 24.8 Å². The first-order valence-corrected chi connectivity index (χ1v) is 6.95. The van der Waals surface area contributed by atoms with Gasteiger partial charge in [0.2, 0.25) is 5.91 Å². The van der Waals surface area contributed by atoms with E-state index in [0.29, 0.717) is 11.4 Å². The highest BCUT2D eigenvalue weighted by molar-refractivity contribution is 5.95. The van der Waals surface area contributed by atoms with Crippen molar-refractivity contribution in [3.05, 3.63) is 23.4 Å². The molecule has 0 saturated carbocycles. The van der Waals surface area contributed by atoms with Gasteiger partial charge in [-0.25, -0.2) is 4.98 Å². The Morgan fingerprint density at radius 2 is 1.95 bits per heavy atom. The van der Waals surface area contributed by atoms with Crippen molar-refractivity contribution in [3.63, 3.8) is 0 Å². The second-order valence-corrected chi connectivity index (χ2v) is 6.01. The van der Waals surface area contributed by atoms with Crippen molar-refractivity contribution >= 4 is 17.6 Å². The van der Waals surface area contributed by atoms with Crippen molar-refractivity contribution in [2.75, 3.05) is 19.3 Å². The maximum atomic E-state index is 12.2. The zero-order valence-electron chi connectivity index (χ0n) is 13.3. The van der Waals surface area contributed by atoms with Crippen LogP contribution in [0.25, 0.3) is 0 Å². The Morgan fingerprint density at radius 1 is 1.33 bits per heavy atom. The summed E-state index contributed by atoms with van der Waals surface area (Å²) < 4.78 is 0. The molecule has 0 aliphatic rings. The molecule has 1 rings (SSSR count). The SMILES string of the molecule is CNC(=O)C(C)(C)CNC(=O)c1cc(N)nc(C(C)C)c1. The second-order valence-electron chi connectivity index (χ2n) is 6.01. The number of carbonyl (C=O) groups is 2. The van der Waals surface area contributed by atoms with Crippen LogP contribution in [0.4, 0.5) is 5.82 Å². The average Bonchev–Trinajstić information content (AvgIpc) is 2.43. The van der Waals surface area contributed by atoms with Crippen molar-refractivity contribution in [1.82, 2.24) is 15.6 Å². The molecule has 1 aromatic heterocycles. The first kappa shape index (κ1) is 16.9. The van der Waals surface area contributed by atoms with Crippen LogP contribution >= 0.6 is 0 Å². The van der Waals surface area contributed by atoms with Crippen LogP contribution in [0.3, 0.4) is 0 Å². The Hall–Kier alpha value is -2.11. The molecule has 0 aromatic carbocycles. The third kappa shape index (κ3) is 4.44. The van der Waals surface area contributed by atoms with Crippen LogP contribution in [0, 0.1) is 5.41 Å². The van der Waals surface area contributed by atoms with Crippen molar-refractivity contribution in [2.45, 2.75) is 33.6 Å². The largest absolute Gasteiger partial charge is 0.384 e. The number of hydrogen-bond donors (Lipinski definition) is 3. The summed E-state index contributed by atoms with van der Waals surface area (Å²) in [7, 11) is 1.57. The summed E-state index contributed by atoms with van der Waals surface area (Å²) >= 11 is 0. The molecule has 116 valence electrons. The summed E-state index contributed by atoms with van der Waals surface area (Å²) in [5, 5.41) is 5.35. The lowest BCUT2D eigenvalue weighted by atomic mass is 9.92. The fourth-order valence-electron chi connectivity index (χ4n) is 1.82. The van der Waals surface area contributed by atoms with E-state index in [2.05, 4.69) is 15.6 Å². The molecule has 0 aliphatic carbocycles. The molecule has 0 unspecified atom stereocenters. The molecule has 0 radical (unpaired) electrons. The molecule has 2 amide bonds. The predicted octanol–water partition coefficient (Wildman–Crippen LogP) is 1.29. The van der Waals surface area contributed by atoms with Crippen LogP contribution in [-0.4, -0.2) is 30.4 Å². The van der Waals surface area contributed by atoms with Gasteiger partial charge in [0.1, 0.15) is 5.82 Å². The monoisotopic (exact) mass is 292 g/mol. The Kier molecular flexibility index (Phi) is 5.29. The summed E-state index contributed by atoms with van der Waals surface area (Å²) in [5.41, 5.74) is 6.28. The molecule has 21 heavy (non-hydrogen) atoms. The third-order valence-electron chi connectivity index (χ3n) is 3.25. The van der Waals surface area contributed by atoms with E-state index in [1.54, 1.807) is 27.0 Å². The number of pyridine rings is 1. The molecule has 0 saturated heterocycles. The van der Waals surface area contributed by atoms with E-state index in [9.17, 15) is 9.59 Å². The minimum atomic E-state index is -0.677. The van der Waals surface area contributed by atoms with Crippen molar-refractivity contribution < 1.29 is 9.59 Å². The third-order valence-corrected chi connectivity index (χ3v) is 3.25. The molecule has 0 fully saturated rings. The van der Waals surface area contributed by atoms with Gasteiger partial charge in [-0.3, -0.25) is 9.59 Å². The molecule has 6 nitrogen and oxygen atoms in total. The average molecular weight is 292 g/mol. The Labute approximate surface area is 125 Å². The lowest BCUT2D eigenvalue weighted by molar-refractivity contribution is -0.128. The summed E-state index contributed by atoms with van der Waals surface area (Å²) in [6.07, 6.45) is 0. The van der Waals surface area contributed by atoms with Crippen LogP contribution in [0.2, 0.25) is 0 Å². The lowest BCUT2D eigenvalue weighted by Gasteiger charge is -2.22. The molecule has 4 N–H and O–H groups in total. The zero-order valence-corrected chi connectivity index (χ0v) is 13.3. The van der Waals surface area contributed by atoms with E-state index in [0.717, 1.165) is 5.69 Å². The van der Waals surface area contributed by atoms with Gasteiger partial charge in [-0.1, -0.05) is 13.8 Å². The number of carbonyl (C=O) groups excluding carboxylic acids is 2. The Morgan fingerprint density at radius 3 is 2.48 bits per heavy atom. The van der Waals surface area contributed by atoms with Crippen LogP contribution in [0.15, 0.2) is 12.1 Å². The molecular formula is C15H24N4O2. The van der Waals surface area contributed by atoms with Gasteiger partial charge in [0.25, 0.3) is 5.91 Å². The predicted molar refractivity (Wildman–Crippen MR) is 82.9 cm³/mol. The Bertz CT molecular complexity index is 538. The maximum absolute atomic E-state index is 12.2. The molecule has 0 atom stereocenters. The number of amides is 2. The molecule has 1 heterocycles. The number of nitrogens with one attached hydrogen (secondary N) is 2. The lowest BCUT2D eigenvalue weighted by Crippen LogP contribution is -2.43. The van der Waals surface area contributed by atoms with E-state index in [4.69, 9.17) is 5.73 Å². The summed E-state index contributed by atoms with van der Waals surface area (Å²) in [4.78, 5) is 28.1. The second kappa shape index (κ2) is 6.56. The zero-order chi connectivity index (χ0) is 16.2. The van der Waals surface area contributed by atoms with Crippen molar-refractivity contribution in [3.8, 4) is 0 Å². The summed E-state index contributed by atoms with van der Waals surface area (Å²) in [6.45, 7) is 7.75. The molecule has 1 aromatic rings. The van der Waals surface area contributed by atoms with Gasteiger partial charge in [-0.2, -0.15) is 0 Å². The van der Waals surface area contributed by atoms with E-state index in [1.807, 2.05) is 13.8 Å². The van der Waals surface area contributed by atoms with Gasteiger partial charge >= 0.3 is 0 Å². The van der Waals surface area contributed by atoms with Crippen molar-refractivity contribution in [2.24, 2.45) is 5.41 Å². The van der Waals surface area contributed by atoms with Gasteiger partial charge in [-0.05, 0) is 31.9 Å². The number of anilines is 1. The Balaban J connectivity index is 2.83. The quantitative estimate of drug-likeness (QED) is 0.761. The van der Waals surface area contributed by atoms with Gasteiger partial charge in [0.05, 0.1) is 5.41 Å². The number of nitrogens with two attached hydrogens (primary N) is 1. The number of nitrogens with zero attached hydrogens (tertiary/aromatic N) is 1. The van der Waals surface area contributed by atoms with Gasteiger partial charge in [0.15, 0.2) is 0 Å². The van der Waals surface area contributed by atoms with Gasteiger partial charge < -0.3 is 16.4 Å². The van der Waals surface area contributed by atoms with E-state index in [-0.39, 0.29) is 24.3 Å². The van der Waals surface area contributed by atoms with Crippen molar-refractivity contribution in [1.29, 1.82) is 0 Å². The highest BCUT2D eigenvalue weighted by atomic mass is 16.2. The number of hydrogen-bond acceptors (Lipinski definition) is 4. The smallest absolute Gasteiger partial charge is 0.251 e. The highest BCUT2D eigenvalue weighted by Crippen LogP contribution is 2.17. The van der Waals surface area contributed by atoms with Crippen LogP contribution < -0.4 is 16.4 Å². The first-order valence-electron chi connectivity index (χ1n) is 6.95. The minimum Gasteiger partial charge on any atom is -0.384 e. The standard InChI is InChI=1S/C15H24N4O2/c1-9(2)11-6-10(7-12(16)19-11)13(20)18-8-15(3,4)14(21)17-5/h6-7,9H,8H2,1-5H3,(H2,16,19)(H,17,21)(H,18,20). The molecule has 6 heteroatoms. The molecule has 0 aliphatic heterocycles. The van der Waals surface area contributed by atoms with E-state index in [1.165, 1.54) is 6.07 Å². The van der Waals surface area contributed by atoms with Gasteiger partial charge in [-0.15, -0.1) is 0 Å². The normalized spacial score (nSPS) is 11.3. The first-order chi connectivity index (χ1) is 9.67.